The molecule has 2 aromatic rings. The molecule has 0 aliphatic carbocycles. The number of carbonyl (C=O) groups is 1. The van der Waals surface area contributed by atoms with E-state index in [0.717, 1.165) is 11.1 Å². The van der Waals surface area contributed by atoms with Crippen molar-refractivity contribution in [1.29, 1.82) is 0 Å². The number of likely N-dealkylation sites (N-methyl/N-ethyl adjacent to an activating group) is 1. The van der Waals surface area contributed by atoms with Crippen molar-refractivity contribution in [2.45, 2.75) is 13.5 Å². The predicted molar refractivity (Wildman–Crippen MR) is 91.2 cm³/mol. The van der Waals surface area contributed by atoms with E-state index in [9.17, 15) is 4.79 Å². The molecule has 0 saturated heterocycles. The molecule has 0 aliphatic rings. The average molecular weight is 334 g/mol. The minimum absolute atomic E-state index is 0.0115. The molecule has 122 valence electrons. The van der Waals surface area contributed by atoms with Crippen molar-refractivity contribution >= 4 is 17.5 Å². The van der Waals surface area contributed by atoms with Gasteiger partial charge in [0, 0.05) is 24.2 Å². The first-order valence-corrected chi connectivity index (χ1v) is 7.63. The second-order valence-electron chi connectivity index (χ2n) is 5.31. The number of amides is 1. The van der Waals surface area contributed by atoms with Crippen LogP contribution >= 0.6 is 11.6 Å². The van der Waals surface area contributed by atoms with E-state index in [1.165, 1.54) is 0 Å². The summed E-state index contributed by atoms with van der Waals surface area (Å²) >= 11 is 6.01. The molecule has 0 radical (unpaired) electrons. The summed E-state index contributed by atoms with van der Waals surface area (Å²) in [7, 11) is 3.32. The van der Waals surface area contributed by atoms with E-state index < -0.39 is 0 Å². The summed E-state index contributed by atoms with van der Waals surface area (Å²) in [6, 6.07) is 12.9. The number of rotatable bonds is 6. The number of halogens is 1. The molecule has 0 heterocycles. The lowest BCUT2D eigenvalue weighted by molar-refractivity contribution is -0.132. The number of ether oxygens (including phenoxy) is 2. The fourth-order valence-corrected chi connectivity index (χ4v) is 2.30. The lowest BCUT2D eigenvalue weighted by Crippen LogP contribution is -2.31. The molecule has 0 aliphatic heterocycles. The van der Waals surface area contributed by atoms with Gasteiger partial charge in [0.05, 0.1) is 7.11 Å². The lowest BCUT2D eigenvalue weighted by atomic mass is 10.2. The Labute approximate surface area is 141 Å². The standard InChI is InChI=1S/C18H20ClNO3/c1-13-4-7-16(8-5-13)23-12-18(21)20(2)11-14-10-15(19)6-9-17(14)22-3/h4-10H,11-12H2,1-3H3. The van der Waals surface area contributed by atoms with Crippen LogP contribution in [0.4, 0.5) is 0 Å². The van der Waals surface area contributed by atoms with Crippen molar-refractivity contribution in [3.63, 3.8) is 0 Å². The molecule has 2 rings (SSSR count). The molecule has 0 atom stereocenters. The zero-order chi connectivity index (χ0) is 16.8. The monoisotopic (exact) mass is 333 g/mol. The van der Waals surface area contributed by atoms with Gasteiger partial charge >= 0.3 is 0 Å². The van der Waals surface area contributed by atoms with Gasteiger partial charge in [-0.1, -0.05) is 29.3 Å². The maximum absolute atomic E-state index is 12.2. The minimum atomic E-state index is -0.118. The molecule has 0 bridgehead atoms. The highest BCUT2D eigenvalue weighted by molar-refractivity contribution is 6.30. The first-order chi connectivity index (χ1) is 11.0. The molecule has 0 spiro atoms. The zero-order valence-electron chi connectivity index (χ0n) is 13.5. The smallest absolute Gasteiger partial charge is 0.260 e. The van der Waals surface area contributed by atoms with Crippen LogP contribution in [-0.2, 0) is 11.3 Å². The Balaban J connectivity index is 1.94. The third kappa shape index (κ3) is 4.89. The SMILES string of the molecule is COc1ccc(Cl)cc1CN(C)C(=O)COc1ccc(C)cc1. The van der Waals surface area contributed by atoms with E-state index in [1.54, 1.807) is 37.3 Å². The van der Waals surface area contributed by atoms with Crippen LogP contribution in [0.5, 0.6) is 11.5 Å². The summed E-state index contributed by atoms with van der Waals surface area (Å²) in [6.07, 6.45) is 0. The fraction of sp³-hybridized carbons (Fsp3) is 0.278. The van der Waals surface area contributed by atoms with Gasteiger partial charge in [-0.2, -0.15) is 0 Å². The van der Waals surface area contributed by atoms with Crippen LogP contribution in [0.3, 0.4) is 0 Å². The van der Waals surface area contributed by atoms with E-state index in [-0.39, 0.29) is 12.5 Å². The maximum atomic E-state index is 12.2. The molecular formula is C18H20ClNO3. The van der Waals surface area contributed by atoms with Gasteiger partial charge in [-0.25, -0.2) is 0 Å². The Morgan fingerprint density at radius 1 is 1.17 bits per heavy atom. The van der Waals surface area contributed by atoms with Gasteiger partial charge in [0.2, 0.25) is 0 Å². The van der Waals surface area contributed by atoms with Gasteiger partial charge in [-0.15, -0.1) is 0 Å². The summed E-state index contributed by atoms with van der Waals surface area (Å²) in [4.78, 5) is 13.8. The maximum Gasteiger partial charge on any atom is 0.260 e. The van der Waals surface area contributed by atoms with Crippen LogP contribution in [0.2, 0.25) is 5.02 Å². The third-order valence-corrected chi connectivity index (χ3v) is 3.69. The Morgan fingerprint density at radius 2 is 1.87 bits per heavy atom. The molecule has 23 heavy (non-hydrogen) atoms. The van der Waals surface area contributed by atoms with Crippen LogP contribution in [-0.4, -0.2) is 31.6 Å². The molecule has 5 heteroatoms. The number of hydrogen-bond donors (Lipinski definition) is 0. The fourth-order valence-electron chi connectivity index (χ4n) is 2.10. The van der Waals surface area contributed by atoms with Gasteiger partial charge < -0.3 is 14.4 Å². The lowest BCUT2D eigenvalue weighted by Gasteiger charge is -2.19. The van der Waals surface area contributed by atoms with Crippen LogP contribution < -0.4 is 9.47 Å². The van der Waals surface area contributed by atoms with Gasteiger partial charge in [-0.05, 0) is 37.3 Å². The molecule has 0 N–H and O–H groups in total. The van der Waals surface area contributed by atoms with E-state index in [1.807, 2.05) is 31.2 Å². The molecule has 2 aromatic carbocycles. The number of carbonyl (C=O) groups excluding carboxylic acids is 1. The molecule has 0 aromatic heterocycles. The third-order valence-electron chi connectivity index (χ3n) is 3.46. The predicted octanol–water partition coefficient (Wildman–Crippen LogP) is 3.69. The average Bonchev–Trinajstić information content (AvgIpc) is 2.54. The number of nitrogens with zero attached hydrogens (tertiary/aromatic N) is 1. The Hall–Kier alpha value is -2.20. The van der Waals surface area contributed by atoms with Gasteiger partial charge in [0.25, 0.3) is 5.91 Å². The van der Waals surface area contributed by atoms with E-state index in [0.29, 0.717) is 23.1 Å². The van der Waals surface area contributed by atoms with E-state index >= 15 is 0 Å². The highest BCUT2D eigenvalue weighted by Gasteiger charge is 2.13. The number of benzene rings is 2. The van der Waals surface area contributed by atoms with Crippen molar-refractivity contribution in [2.75, 3.05) is 20.8 Å². The topological polar surface area (TPSA) is 38.8 Å². The Morgan fingerprint density at radius 3 is 2.52 bits per heavy atom. The molecule has 0 saturated carbocycles. The van der Waals surface area contributed by atoms with Crippen LogP contribution in [0.25, 0.3) is 0 Å². The molecule has 1 amide bonds. The van der Waals surface area contributed by atoms with E-state index in [2.05, 4.69) is 0 Å². The second-order valence-corrected chi connectivity index (χ2v) is 5.74. The van der Waals surface area contributed by atoms with Crippen molar-refractivity contribution in [1.82, 2.24) is 4.90 Å². The summed E-state index contributed by atoms with van der Waals surface area (Å²) in [6.45, 7) is 2.39. The van der Waals surface area contributed by atoms with Crippen molar-refractivity contribution in [3.8, 4) is 11.5 Å². The molecular weight excluding hydrogens is 314 g/mol. The van der Waals surface area contributed by atoms with Gasteiger partial charge in [0.1, 0.15) is 11.5 Å². The number of aryl methyl sites for hydroxylation is 1. The quantitative estimate of drug-likeness (QED) is 0.809. The van der Waals surface area contributed by atoms with Crippen molar-refractivity contribution in [3.05, 3.63) is 58.6 Å². The van der Waals surface area contributed by atoms with Crippen LogP contribution in [0.15, 0.2) is 42.5 Å². The largest absolute Gasteiger partial charge is 0.496 e. The van der Waals surface area contributed by atoms with Crippen LogP contribution in [0, 0.1) is 6.92 Å². The molecule has 0 fully saturated rings. The van der Waals surface area contributed by atoms with E-state index in [4.69, 9.17) is 21.1 Å². The molecule has 4 nitrogen and oxygen atoms in total. The number of hydrogen-bond acceptors (Lipinski definition) is 3. The molecule has 0 unspecified atom stereocenters. The van der Waals surface area contributed by atoms with Crippen molar-refractivity contribution in [2.24, 2.45) is 0 Å². The van der Waals surface area contributed by atoms with Gasteiger partial charge in [-0.3, -0.25) is 4.79 Å². The highest BCUT2D eigenvalue weighted by Crippen LogP contribution is 2.23. The normalized spacial score (nSPS) is 10.3. The Bertz CT molecular complexity index is 670. The summed E-state index contributed by atoms with van der Waals surface area (Å²) in [5.41, 5.74) is 2.00. The number of methoxy groups -OCH3 is 1. The van der Waals surface area contributed by atoms with Gasteiger partial charge in [0.15, 0.2) is 6.61 Å². The first-order valence-electron chi connectivity index (χ1n) is 7.25. The van der Waals surface area contributed by atoms with Crippen LogP contribution in [0.1, 0.15) is 11.1 Å². The summed E-state index contributed by atoms with van der Waals surface area (Å²) in [5, 5.41) is 0.609. The Kier molecular flexibility index (Phi) is 5.88. The van der Waals surface area contributed by atoms with Crippen molar-refractivity contribution < 1.29 is 14.3 Å². The first kappa shape index (κ1) is 17.2. The summed E-state index contributed by atoms with van der Waals surface area (Å²) in [5.74, 6) is 1.26. The zero-order valence-corrected chi connectivity index (χ0v) is 14.3. The minimum Gasteiger partial charge on any atom is -0.496 e. The summed E-state index contributed by atoms with van der Waals surface area (Å²) < 4.78 is 10.8. The highest BCUT2D eigenvalue weighted by atomic mass is 35.5. The second kappa shape index (κ2) is 7.88.